The number of benzene rings is 4. The Labute approximate surface area is 282 Å². The number of carbonyl (C=O) groups is 2. The number of halogens is 1. The highest BCUT2D eigenvalue weighted by atomic mass is 32.2. The number of hydrogen-bond donors (Lipinski definition) is 1. The van der Waals surface area contributed by atoms with E-state index in [0.29, 0.717) is 12.4 Å². The highest BCUT2D eigenvalue weighted by Gasteiger charge is 2.35. The number of amides is 2. The highest BCUT2D eigenvalue weighted by Crippen LogP contribution is 2.27. The van der Waals surface area contributed by atoms with Crippen LogP contribution < -0.4 is 14.4 Å². The first-order valence-corrected chi connectivity index (χ1v) is 17.9. The van der Waals surface area contributed by atoms with E-state index in [1.165, 1.54) is 23.1 Å². The molecule has 5 rings (SSSR count). The van der Waals surface area contributed by atoms with Crippen molar-refractivity contribution in [2.45, 2.75) is 69.0 Å². The van der Waals surface area contributed by atoms with Gasteiger partial charge in [0.1, 0.15) is 24.2 Å². The molecule has 0 aromatic heterocycles. The van der Waals surface area contributed by atoms with E-state index in [9.17, 15) is 18.0 Å². The minimum Gasteiger partial charge on any atom is -0.494 e. The molecule has 1 saturated carbocycles. The van der Waals surface area contributed by atoms with E-state index < -0.39 is 34.3 Å². The molecule has 0 bridgehead atoms. The van der Waals surface area contributed by atoms with Crippen molar-refractivity contribution in [1.29, 1.82) is 0 Å². The van der Waals surface area contributed by atoms with Crippen LogP contribution in [0.15, 0.2) is 114 Å². The average Bonchev–Trinajstić information content (AvgIpc) is 3.11. The van der Waals surface area contributed by atoms with Crippen LogP contribution in [0.3, 0.4) is 0 Å². The lowest BCUT2D eigenvalue weighted by molar-refractivity contribution is -0.140. The minimum atomic E-state index is -4.25. The van der Waals surface area contributed by atoms with Crippen molar-refractivity contribution in [2.75, 3.05) is 17.5 Å². The fourth-order valence-electron chi connectivity index (χ4n) is 6.03. The molecule has 2 amide bonds. The average molecular weight is 672 g/mol. The molecule has 48 heavy (non-hydrogen) atoms. The monoisotopic (exact) mass is 671 g/mol. The molecule has 1 N–H and O–H groups in total. The molecule has 0 aliphatic heterocycles. The summed E-state index contributed by atoms with van der Waals surface area (Å²) in [5.41, 5.74) is 1.27. The molecule has 10 heteroatoms. The molecule has 0 saturated heterocycles. The second-order valence-corrected chi connectivity index (χ2v) is 13.8. The third kappa shape index (κ3) is 8.80. The zero-order chi connectivity index (χ0) is 33.9. The van der Waals surface area contributed by atoms with Gasteiger partial charge in [-0.15, -0.1) is 0 Å². The lowest BCUT2D eigenvalue weighted by atomic mass is 9.94. The highest BCUT2D eigenvalue weighted by molar-refractivity contribution is 7.92. The van der Waals surface area contributed by atoms with Crippen molar-refractivity contribution in [1.82, 2.24) is 10.2 Å². The van der Waals surface area contributed by atoms with Crippen LogP contribution >= 0.6 is 0 Å². The number of anilines is 1. The molecule has 1 fully saturated rings. The van der Waals surface area contributed by atoms with Gasteiger partial charge in [0.25, 0.3) is 10.0 Å². The first kappa shape index (κ1) is 34.6. The van der Waals surface area contributed by atoms with Gasteiger partial charge in [0.2, 0.25) is 11.8 Å². The SMILES string of the molecule is CCOc1ccc(N(CC(=O)N(Cc2ccccc2F)[C@@H](Cc2ccccc2)C(=O)NC2CCCCC2)S(=O)(=O)c2ccccc2)cc1. The Morgan fingerprint density at radius 3 is 2.12 bits per heavy atom. The van der Waals surface area contributed by atoms with E-state index >= 15 is 4.39 Å². The fraction of sp³-hybridized carbons (Fsp3) is 0.316. The Bertz CT molecular complexity index is 1750. The Kier molecular flexibility index (Phi) is 11.8. The van der Waals surface area contributed by atoms with E-state index in [0.717, 1.165) is 42.0 Å². The zero-order valence-corrected chi connectivity index (χ0v) is 27.9. The number of sulfonamides is 1. The van der Waals surface area contributed by atoms with Crippen LogP contribution in [0.4, 0.5) is 10.1 Å². The van der Waals surface area contributed by atoms with Gasteiger partial charge in [-0.25, -0.2) is 12.8 Å². The van der Waals surface area contributed by atoms with Crippen molar-refractivity contribution in [3.8, 4) is 5.75 Å². The van der Waals surface area contributed by atoms with Crippen LogP contribution in [0, 0.1) is 5.82 Å². The zero-order valence-electron chi connectivity index (χ0n) is 27.1. The summed E-state index contributed by atoms with van der Waals surface area (Å²) in [6.07, 6.45) is 4.95. The molecule has 8 nitrogen and oxygen atoms in total. The minimum absolute atomic E-state index is 0.00298. The van der Waals surface area contributed by atoms with E-state index in [4.69, 9.17) is 4.74 Å². The smallest absolute Gasteiger partial charge is 0.264 e. The Hall–Kier alpha value is -4.70. The number of rotatable bonds is 14. The van der Waals surface area contributed by atoms with E-state index in [2.05, 4.69) is 5.32 Å². The summed E-state index contributed by atoms with van der Waals surface area (Å²) >= 11 is 0. The van der Waals surface area contributed by atoms with Gasteiger partial charge in [0, 0.05) is 24.6 Å². The first-order valence-electron chi connectivity index (χ1n) is 16.4. The van der Waals surface area contributed by atoms with Crippen molar-refractivity contribution in [2.24, 2.45) is 0 Å². The van der Waals surface area contributed by atoms with Gasteiger partial charge in [0.05, 0.1) is 17.2 Å². The second-order valence-electron chi connectivity index (χ2n) is 11.9. The molecule has 4 aromatic rings. The summed E-state index contributed by atoms with van der Waals surface area (Å²) < 4.78 is 50.1. The maximum absolute atomic E-state index is 15.2. The van der Waals surface area contributed by atoms with Gasteiger partial charge in [-0.3, -0.25) is 13.9 Å². The van der Waals surface area contributed by atoms with Crippen molar-refractivity contribution in [3.63, 3.8) is 0 Å². The predicted octanol–water partition coefficient (Wildman–Crippen LogP) is 6.51. The van der Waals surface area contributed by atoms with Crippen LogP contribution in [0.25, 0.3) is 0 Å². The largest absolute Gasteiger partial charge is 0.494 e. The van der Waals surface area contributed by atoms with Crippen LogP contribution in [0.2, 0.25) is 0 Å². The number of nitrogens with one attached hydrogen (secondary N) is 1. The van der Waals surface area contributed by atoms with Gasteiger partial charge in [-0.2, -0.15) is 0 Å². The van der Waals surface area contributed by atoms with Crippen LogP contribution in [-0.2, 0) is 32.6 Å². The maximum atomic E-state index is 15.2. The van der Waals surface area contributed by atoms with Crippen molar-refractivity contribution < 1.29 is 27.1 Å². The number of nitrogens with zero attached hydrogens (tertiary/aromatic N) is 2. The van der Waals surface area contributed by atoms with Gasteiger partial charge in [-0.05, 0) is 67.8 Å². The van der Waals surface area contributed by atoms with E-state index in [1.807, 2.05) is 37.3 Å². The summed E-state index contributed by atoms with van der Waals surface area (Å²) in [7, 11) is -4.25. The summed E-state index contributed by atoms with van der Waals surface area (Å²) in [5, 5.41) is 3.16. The third-order valence-electron chi connectivity index (χ3n) is 8.57. The Morgan fingerprint density at radius 1 is 0.854 bits per heavy atom. The summed E-state index contributed by atoms with van der Waals surface area (Å²) in [6, 6.07) is 28.7. The molecule has 1 aliphatic rings. The molecule has 0 heterocycles. The molecule has 0 spiro atoms. The number of hydrogen-bond acceptors (Lipinski definition) is 5. The quantitative estimate of drug-likeness (QED) is 0.165. The summed E-state index contributed by atoms with van der Waals surface area (Å²) in [5.74, 6) is -0.977. The van der Waals surface area contributed by atoms with E-state index in [1.54, 1.807) is 60.7 Å². The summed E-state index contributed by atoms with van der Waals surface area (Å²) in [4.78, 5) is 30.1. The van der Waals surface area contributed by atoms with Gasteiger partial charge < -0.3 is 15.0 Å². The standard InChI is InChI=1S/C38H42FN3O5S/c1-2-47-33-24-22-32(23-25-33)42(48(45,46)34-19-10-5-11-20-34)28-37(43)41(27-30-16-12-13-21-35(30)39)36(26-29-14-6-3-7-15-29)38(44)40-31-17-8-4-9-18-31/h3,5-7,10-16,19-25,31,36H,2,4,8-9,17-18,26-28H2,1H3,(H,40,44)/t36-/m0/s1. The maximum Gasteiger partial charge on any atom is 0.264 e. The van der Waals surface area contributed by atoms with Gasteiger partial charge >= 0.3 is 0 Å². The number of ether oxygens (including phenoxy) is 1. The van der Waals surface area contributed by atoms with Gasteiger partial charge in [0.15, 0.2) is 0 Å². The van der Waals surface area contributed by atoms with Crippen molar-refractivity contribution in [3.05, 3.63) is 126 Å². The Morgan fingerprint density at radius 2 is 1.48 bits per heavy atom. The lowest BCUT2D eigenvalue weighted by Gasteiger charge is -2.35. The fourth-order valence-corrected chi connectivity index (χ4v) is 7.47. The van der Waals surface area contributed by atoms with Crippen LogP contribution in [-0.4, -0.2) is 50.4 Å². The second kappa shape index (κ2) is 16.4. The predicted molar refractivity (Wildman–Crippen MR) is 184 cm³/mol. The summed E-state index contributed by atoms with van der Waals surface area (Å²) in [6.45, 7) is 1.42. The normalized spacial score (nSPS) is 14.1. The van der Waals surface area contributed by atoms with Crippen LogP contribution in [0.1, 0.15) is 50.2 Å². The molecule has 0 radical (unpaired) electrons. The molecule has 4 aromatic carbocycles. The molecule has 0 unspecified atom stereocenters. The molecule has 1 aliphatic carbocycles. The Balaban J connectivity index is 1.56. The molecular formula is C38H42FN3O5S. The van der Waals surface area contributed by atoms with E-state index in [-0.39, 0.29) is 41.1 Å². The van der Waals surface area contributed by atoms with Crippen molar-refractivity contribution >= 4 is 27.5 Å². The van der Waals surface area contributed by atoms with Crippen LogP contribution in [0.5, 0.6) is 5.75 Å². The number of carbonyl (C=O) groups excluding carboxylic acids is 2. The molecule has 252 valence electrons. The molecular weight excluding hydrogens is 629 g/mol. The first-order chi connectivity index (χ1) is 23.3. The molecule has 1 atom stereocenters. The lowest BCUT2D eigenvalue weighted by Crippen LogP contribution is -2.55. The topological polar surface area (TPSA) is 96.0 Å². The third-order valence-corrected chi connectivity index (χ3v) is 10.4. The van der Waals surface area contributed by atoms with Gasteiger partial charge in [-0.1, -0.05) is 86.0 Å².